The third-order valence-electron chi connectivity index (χ3n) is 7.44. The minimum atomic E-state index is -4.50. The zero-order valence-corrected chi connectivity index (χ0v) is 26.4. The second kappa shape index (κ2) is 13.7. The molecule has 0 fully saturated rings. The molecule has 1 aliphatic rings. The van der Waals surface area contributed by atoms with E-state index in [2.05, 4.69) is 31.6 Å². The predicted octanol–water partition coefficient (Wildman–Crippen LogP) is 3.12. The molecule has 5 aromatic rings. The van der Waals surface area contributed by atoms with Crippen LogP contribution in [0.25, 0.3) is 21.9 Å². The highest BCUT2D eigenvalue weighted by molar-refractivity contribution is 7.86. The van der Waals surface area contributed by atoms with Gasteiger partial charge in [0.2, 0.25) is 10.9 Å². The Bertz CT molecular complexity index is 2620. The Balaban J connectivity index is 1.16. The van der Waals surface area contributed by atoms with Gasteiger partial charge >= 0.3 is 5.97 Å². The third kappa shape index (κ3) is 7.18. The molecule has 14 nitrogen and oxygen atoms in total. The van der Waals surface area contributed by atoms with E-state index in [-0.39, 0.29) is 26.9 Å². The van der Waals surface area contributed by atoms with Gasteiger partial charge in [-0.3, -0.25) is 35.2 Å². The number of nitrogens with one attached hydrogen (secondary N) is 3. The van der Waals surface area contributed by atoms with E-state index in [4.69, 9.17) is 5.11 Å². The fourth-order valence-electron chi connectivity index (χ4n) is 4.93. The van der Waals surface area contributed by atoms with E-state index >= 15 is 0 Å². The number of carbonyl (C=O) groups excluding carboxylic acids is 1. The summed E-state index contributed by atoms with van der Waals surface area (Å²) >= 11 is 0. The Labute approximate surface area is 282 Å². The lowest BCUT2D eigenvalue weighted by atomic mass is 10.0. The third-order valence-corrected chi connectivity index (χ3v) is 8.35. The molecule has 1 aliphatic carbocycles. The van der Waals surface area contributed by atoms with Crippen molar-refractivity contribution in [2.45, 2.75) is 4.90 Å². The fourth-order valence-corrected chi connectivity index (χ4v) is 5.63. The topological polar surface area (TPSA) is 216 Å². The van der Waals surface area contributed by atoms with Gasteiger partial charge in [0.15, 0.2) is 11.1 Å². The number of hydrazone groups is 1. The molecule has 248 valence electrons. The molecule has 6 rings (SSSR count). The number of carbonyl (C=O) groups is 2. The molecule has 0 bridgehead atoms. The minimum Gasteiger partial charge on any atom is -0.478 e. The van der Waals surface area contributed by atoms with Gasteiger partial charge in [0, 0.05) is 10.8 Å². The number of carboxylic acids is 1. The highest BCUT2D eigenvalue weighted by Crippen LogP contribution is 2.29. The Hall–Kier alpha value is -6.84. The van der Waals surface area contributed by atoms with E-state index in [1.165, 1.54) is 36.4 Å². The zero-order chi connectivity index (χ0) is 35.4. The summed E-state index contributed by atoms with van der Waals surface area (Å²) in [7, 11) is -4.50. The van der Waals surface area contributed by atoms with Crippen LogP contribution in [0, 0.1) is 0 Å². The number of fused-ring (bicyclic) bond motifs is 1. The fraction of sp³-hybridized carbons (Fsp3) is 0. The van der Waals surface area contributed by atoms with Crippen molar-refractivity contribution in [1.82, 2.24) is 0 Å². The van der Waals surface area contributed by atoms with Crippen molar-refractivity contribution >= 4 is 55.4 Å². The van der Waals surface area contributed by atoms with Crippen molar-refractivity contribution < 1.29 is 27.7 Å². The molecule has 0 aliphatic heterocycles. The molecule has 0 aromatic heterocycles. The molecule has 5 aromatic carbocycles. The molecular formula is C35H24N6O8S. The average molecular weight is 689 g/mol. The van der Waals surface area contributed by atoms with Crippen molar-refractivity contribution in [2.75, 3.05) is 16.3 Å². The lowest BCUT2D eigenvalue weighted by Crippen LogP contribution is -2.47. The lowest BCUT2D eigenvalue weighted by Gasteiger charge is -2.08. The van der Waals surface area contributed by atoms with Gasteiger partial charge in [-0.05, 0) is 77.9 Å². The van der Waals surface area contributed by atoms with Gasteiger partial charge in [0.25, 0.3) is 10.1 Å². The first-order valence-electron chi connectivity index (χ1n) is 14.6. The highest BCUT2D eigenvalue weighted by Gasteiger charge is 2.19. The van der Waals surface area contributed by atoms with Gasteiger partial charge < -0.3 is 5.11 Å². The van der Waals surface area contributed by atoms with E-state index in [0.717, 1.165) is 23.3 Å². The van der Waals surface area contributed by atoms with Gasteiger partial charge in [-0.2, -0.15) is 23.7 Å². The lowest BCUT2D eigenvalue weighted by molar-refractivity contribution is -0.134. The first-order chi connectivity index (χ1) is 24.0. The number of rotatable bonds is 9. The normalized spacial score (nSPS) is 14.5. The number of hydrogen-bond donors (Lipinski definition) is 5. The van der Waals surface area contributed by atoms with Gasteiger partial charge in [0.05, 0.1) is 22.8 Å². The Morgan fingerprint density at radius 3 is 1.90 bits per heavy atom. The van der Waals surface area contributed by atoms with Crippen LogP contribution in [0.3, 0.4) is 0 Å². The van der Waals surface area contributed by atoms with Crippen molar-refractivity contribution in [1.29, 1.82) is 0 Å². The summed E-state index contributed by atoms with van der Waals surface area (Å²) in [5.41, 5.74) is 10.1. The highest BCUT2D eigenvalue weighted by atomic mass is 32.2. The van der Waals surface area contributed by atoms with Gasteiger partial charge in [-0.15, -0.1) is 0 Å². The number of benzene rings is 5. The van der Waals surface area contributed by atoms with Crippen molar-refractivity contribution in [2.24, 2.45) is 15.3 Å². The van der Waals surface area contributed by atoms with Gasteiger partial charge in [0.1, 0.15) is 15.8 Å². The van der Waals surface area contributed by atoms with Crippen LogP contribution in [0.1, 0.15) is 0 Å². The van der Waals surface area contributed by atoms with E-state index in [0.29, 0.717) is 22.4 Å². The van der Waals surface area contributed by atoms with E-state index in [9.17, 15) is 32.1 Å². The molecule has 0 spiro atoms. The largest absolute Gasteiger partial charge is 0.478 e. The number of ketones is 1. The van der Waals surface area contributed by atoms with Crippen molar-refractivity contribution in [3.8, 4) is 11.1 Å². The predicted molar refractivity (Wildman–Crippen MR) is 186 cm³/mol. The molecule has 50 heavy (non-hydrogen) atoms. The number of nitrogens with zero attached hydrogens (tertiary/aromatic N) is 3. The van der Waals surface area contributed by atoms with Crippen molar-refractivity contribution in [3.63, 3.8) is 0 Å². The molecule has 0 unspecified atom stereocenters. The zero-order valence-electron chi connectivity index (χ0n) is 25.6. The average Bonchev–Trinajstić information content (AvgIpc) is 3.10. The summed E-state index contributed by atoms with van der Waals surface area (Å²) in [4.78, 5) is 48.2. The molecule has 0 saturated carbocycles. The standard InChI is InChI=1S/C35H24N6O8S/c42-30-16-13-24(19-27(30)35(45)46)38-36-22-9-5-20(6-10-22)21-7-11-23(12-8-21)37-40-29-14-17-31(43)33(34(29)44)41-39-28-15-18-32(50(47,48)49)26-4-2-1-3-25(26)28/h1-19,36-37,39H,(H,45,46)(H,47,48,49)/b38-24-,40-29-,41-33+. The van der Waals surface area contributed by atoms with Crippen LogP contribution in [0.2, 0.25) is 0 Å². The number of aliphatic carboxylic acids is 1. The molecule has 5 N–H and O–H groups in total. The maximum Gasteiger partial charge on any atom is 0.339 e. The quantitative estimate of drug-likeness (QED) is 0.0656. The molecule has 0 radical (unpaired) electrons. The SMILES string of the molecule is O=C(O)C1=C/C(=N\Nc2ccc(-c3ccc(N/N=c4/ccc(=O)/c(=N\Nc5ccc(S(=O)(=O)O)c6ccccc56)c4=O)cc3)cc2)C=CC1=O. The monoisotopic (exact) mass is 688 g/mol. The molecule has 15 heteroatoms. The summed E-state index contributed by atoms with van der Waals surface area (Å²) < 4.78 is 33.2. The second-order valence-corrected chi connectivity index (χ2v) is 12.1. The van der Waals surface area contributed by atoms with Crippen LogP contribution in [-0.4, -0.2) is 35.5 Å². The number of anilines is 3. The Morgan fingerprint density at radius 2 is 1.28 bits per heavy atom. The second-order valence-electron chi connectivity index (χ2n) is 10.7. The summed E-state index contributed by atoms with van der Waals surface area (Å²) in [5.74, 6) is -1.92. The summed E-state index contributed by atoms with van der Waals surface area (Å²) in [6.07, 6.45) is 3.76. The Morgan fingerprint density at radius 1 is 0.660 bits per heavy atom. The van der Waals surface area contributed by atoms with Crippen LogP contribution in [0.15, 0.2) is 151 Å². The summed E-state index contributed by atoms with van der Waals surface area (Å²) in [5, 5.41) is 21.5. The van der Waals surface area contributed by atoms with E-state index in [1.54, 1.807) is 42.5 Å². The molecule has 0 amide bonds. The molecule has 0 saturated heterocycles. The maximum absolute atomic E-state index is 13.1. The van der Waals surface area contributed by atoms with Crippen LogP contribution in [-0.2, 0) is 19.7 Å². The van der Waals surface area contributed by atoms with E-state index in [1.807, 2.05) is 24.3 Å². The number of allylic oxidation sites excluding steroid dienone is 3. The first kappa shape index (κ1) is 33.1. The summed E-state index contributed by atoms with van der Waals surface area (Å²) in [6.45, 7) is 0. The van der Waals surface area contributed by atoms with E-state index < -0.39 is 38.1 Å². The van der Waals surface area contributed by atoms with Crippen LogP contribution < -0.4 is 37.8 Å². The summed E-state index contributed by atoms with van der Waals surface area (Å²) in [6, 6.07) is 25.8. The van der Waals surface area contributed by atoms with Gasteiger partial charge in [-0.25, -0.2) is 4.79 Å². The van der Waals surface area contributed by atoms with Crippen molar-refractivity contribution in [3.05, 3.63) is 152 Å². The van der Waals surface area contributed by atoms with Crippen LogP contribution >= 0.6 is 0 Å². The molecular weight excluding hydrogens is 664 g/mol. The molecule has 0 heterocycles. The number of hydrogen-bond acceptors (Lipinski definition) is 12. The maximum atomic E-state index is 13.1. The number of carboxylic acid groups (broad SMARTS) is 1. The first-order valence-corrected chi connectivity index (χ1v) is 16.1. The van der Waals surface area contributed by atoms with Gasteiger partial charge in [-0.1, -0.05) is 48.5 Å². The Kier molecular flexibility index (Phi) is 9.07. The van der Waals surface area contributed by atoms with Crippen LogP contribution in [0.5, 0.6) is 0 Å². The minimum absolute atomic E-state index is 0.0718. The van der Waals surface area contributed by atoms with Crippen LogP contribution in [0.4, 0.5) is 17.1 Å². The smallest absolute Gasteiger partial charge is 0.339 e. The molecule has 0 atom stereocenters.